The van der Waals surface area contributed by atoms with Crippen LogP contribution in [0.5, 0.6) is 0 Å². The Bertz CT molecular complexity index is 450. The molecule has 0 aliphatic heterocycles. The molecule has 0 aliphatic rings. The summed E-state index contributed by atoms with van der Waals surface area (Å²) >= 11 is 1.58. The zero-order chi connectivity index (χ0) is 11.4. The maximum Gasteiger partial charge on any atom is 0.331 e. The highest BCUT2D eigenvalue weighted by atomic mass is 32.2. The first kappa shape index (κ1) is 11.9. The Morgan fingerprint density at radius 2 is 2.13 bits per heavy atom. The molecule has 6 heteroatoms. The van der Waals surface area contributed by atoms with Gasteiger partial charge in [-0.25, -0.2) is 4.79 Å². The molecule has 1 aromatic heterocycles. The summed E-state index contributed by atoms with van der Waals surface area (Å²) in [4.78, 5) is 23.3. The van der Waals surface area contributed by atoms with E-state index in [0.29, 0.717) is 13.1 Å². The van der Waals surface area contributed by atoms with Gasteiger partial charge in [0.25, 0.3) is 5.56 Å². The van der Waals surface area contributed by atoms with Crippen molar-refractivity contribution >= 4 is 17.4 Å². The number of nitrogens with zero attached hydrogens (tertiary/aromatic N) is 2. The van der Waals surface area contributed by atoms with Gasteiger partial charge in [0.2, 0.25) is 0 Å². The predicted octanol–water partition coefficient (Wildman–Crippen LogP) is -0.0249. The average Bonchev–Trinajstić information content (AvgIpc) is 2.23. The maximum atomic E-state index is 11.7. The molecule has 0 aliphatic carbocycles. The van der Waals surface area contributed by atoms with Crippen LogP contribution in [0, 0.1) is 0 Å². The second kappa shape index (κ2) is 5.06. The van der Waals surface area contributed by atoms with Crippen molar-refractivity contribution < 1.29 is 0 Å². The van der Waals surface area contributed by atoms with Gasteiger partial charge in [-0.15, -0.1) is 0 Å². The molecule has 0 amide bonds. The van der Waals surface area contributed by atoms with Gasteiger partial charge >= 0.3 is 5.69 Å². The zero-order valence-corrected chi connectivity index (χ0v) is 9.71. The van der Waals surface area contributed by atoms with Crippen LogP contribution in [0.15, 0.2) is 15.8 Å². The molecule has 0 unspecified atom stereocenters. The van der Waals surface area contributed by atoms with Crippen molar-refractivity contribution in [1.29, 1.82) is 0 Å². The fourth-order valence-electron chi connectivity index (χ4n) is 1.28. The van der Waals surface area contributed by atoms with Crippen molar-refractivity contribution in [3.63, 3.8) is 0 Å². The molecule has 84 valence electrons. The summed E-state index contributed by atoms with van der Waals surface area (Å²) in [6.45, 7) is 2.76. The Hall–Kier alpha value is -1.17. The summed E-state index contributed by atoms with van der Waals surface area (Å²) in [7, 11) is 0. The lowest BCUT2D eigenvalue weighted by molar-refractivity contribution is 0.594. The number of nitrogen functional groups attached to an aromatic ring is 1. The Morgan fingerprint density at radius 1 is 1.47 bits per heavy atom. The van der Waals surface area contributed by atoms with Crippen LogP contribution in [0.1, 0.15) is 6.92 Å². The predicted molar refractivity (Wildman–Crippen MR) is 63.4 cm³/mol. The molecule has 15 heavy (non-hydrogen) atoms. The lowest BCUT2D eigenvalue weighted by atomic mass is 10.5. The smallest absolute Gasteiger partial charge is 0.331 e. The van der Waals surface area contributed by atoms with Crippen LogP contribution in [0.2, 0.25) is 0 Å². The number of nitrogens with two attached hydrogens (primary N) is 1. The molecule has 5 nitrogen and oxygen atoms in total. The van der Waals surface area contributed by atoms with E-state index in [1.54, 1.807) is 11.8 Å². The maximum absolute atomic E-state index is 11.7. The topological polar surface area (TPSA) is 70.0 Å². The highest BCUT2D eigenvalue weighted by Gasteiger charge is 2.07. The van der Waals surface area contributed by atoms with Gasteiger partial charge in [0.15, 0.2) is 0 Å². The number of thioether (sulfide) groups is 1. The molecule has 0 fully saturated rings. The van der Waals surface area contributed by atoms with Crippen molar-refractivity contribution in [2.45, 2.75) is 20.0 Å². The minimum Gasteiger partial charge on any atom is -0.393 e. The van der Waals surface area contributed by atoms with Crippen molar-refractivity contribution in [1.82, 2.24) is 9.13 Å². The van der Waals surface area contributed by atoms with Gasteiger partial charge in [0.05, 0.1) is 0 Å². The van der Waals surface area contributed by atoms with Gasteiger partial charge < -0.3 is 5.73 Å². The first-order valence-electron chi connectivity index (χ1n) is 4.70. The Morgan fingerprint density at radius 3 is 2.67 bits per heavy atom. The molecule has 0 aromatic carbocycles. The van der Waals surface area contributed by atoms with Crippen LogP contribution >= 0.6 is 11.8 Å². The number of anilines is 1. The lowest BCUT2D eigenvalue weighted by Gasteiger charge is -2.08. The molecule has 0 saturated carbocycles. The van der Waals surface area contributed by atoms with E-state index < -0.39 is 5.56 Å². The molecule has 0 bridgehead atoms. The van der Waals surface area contributed by atoms with Gasteiger partial charge in [-0.3, -0.25) is 13.9 Å². The fourth-order valence-corrected chi connectivity index (χ4v) is 1.65. The Balaban J connectivity index is 3.28. The van der Waals surface area contributed by atoms with E-state index >= 15 is 0 Å². The molecule has 1 aromatic rings. The number of hydrogen-bond acceptors (Lipinski definition) is 4. The summed E-state index contributed by atoms with van der Waals surface area (Å²) in [6, 6.07) is 0. The number of hydrogen-bond donors (Lipinski definition) is 1. The molecule has 1 heterocycles. The summed E-state index contributed by atoms with van der Waals surface area (Å²) in [6.07, 6.45) is 3.33. The van der Waals surface area contributed by atoms with E-state index in [4.69, 9.17) is 5.73 Å². The summed E-state index contributed by atoms with van der Waals surface area (Å²) < 4.78 is 2.63. The minimum atomic E-state index is -0.390. The van der Waals surface area contributed by atoms with Crippen LogP contribution < -0.4 is 17.0 Å². The minimum absolute atomic E-state index is 0.123. The average molecular weight is 229 g/mol. The van der Waals surface area contributed by atoms with Crippen molar-refractivity contribution in [3.05, 3.63) is 27.0 Å². The molecular formula is C9H15N3O2S. The third kappa shape index (κ3) is 2.44. The van der Waals surface area contributed by atoms with Crippen LogP contribution in [0.25, 0.3) is 0 Å². The molecule has 0 saturated heterocycles. The number of aromatic nitrogens is 2. The summed E-state index contributed by atoms with van der Waals surface area (Å²) in [5.74, 6) is 0.725. The first-order chi connectivity index (χ1) is 7.11. The molecule has 0 atom stereocenters. The Labute approximate surface area is 91.9 Å². The standard InChI is InChI=1S/C9H15N3O2S/c1-3-11-6-7(10)8(13)12(9(11)14)4-5-15-2/h6H,3-5,10H2,1-2H3. The zero-order valence-electron chi connectivity index (χ0n) is 8.90. The molecule has 0 spiro atoms. The van der Waals surface area contributed by atoms with E-state index in [-0.39, 0.29) is 11.4 Å². The van der Waals surface area contributed by atoms with E-state index in [1.807, 2.05) is 13.2 Å². The summed E-state index contributed by atoms with van der Waals surface area (Å²) in [5, 5.41) is 0. The van der Waals surface area contributed by atoms with Gasteiger partial charge in [0, 0.05) is 25.0 Å². The fraction of sp³-hybridized carbons (Fsp3) is 0.556. The van der Waals surface area contributed by atoms with Crippen LogP contribution in [-0.4, -0.2) is 21.1 Å². The van der Waals surface area contributed by atoms with Crippen molar-refractivity contribution in [3.8, 4) is 0 Å². The highest BCUT2D eigenvalue weighted by Crippen LogP contribution is 1.94. The van der Waals surface area contributed by atoms with E-state index in [2.05, 4.69) is 0 Å². The number of aryl methyl sites for hydroxylation is 1. The highest BCUT2D eigenvalue weighted by molar-refractivity contribution is 7.98. The van der Waals surface area contributed by atoms with Crippen LogP contribution in [-0.2, 0) is 13.1 Å². The molecule has 1 rings (SSSR count). The largest absolute Gasteiger partial charge is 0.393 e. The van der Waals surface area contributed by atoms with Gasteiger partial charge in [0.1, 0.15) is 5.69 Å². The first-order valence-corrected chi connectivity index (χ1v) is 6.09. The summed E-state index contributed by atoms with van der Waals surface area (Å²) in [5.41, 5.74) is 4.98. The number of rotatable bonds is 4. The van der Waals surface area contributed by atoms with Crippen molar-refractivity contribution in [2.24, 2.45) is 0 Å². The van der Waals surface area contributed by atoms with Crippen molar-refractivity contribution in [2.75, 3.05) is 17.7 Å². The molecule has 0 radical (unpaired) electrons. The van der Waals surface area contributed by atoms with Gasteiger partial charge in [-0.05, 0) is 13.2 Å². The normalized spacial score (nSPS) is 10.5. The molecule has 2 N–H and O–H groups in total. The molecular weight excluding hydrogens is 214 g/mol. The second-order valence-corrected chi connectivity index (χ2v) is 4.09. The van der Waals surface area contributed by atoms with E-state index in [1.165, 1.54) is 15.3 Å². The van der Waals surface area contributed by atoms with E-state index in [9.17, 15) is 9.59 Å². The lowest BCUT2D eigenvalue weighted by Crippen LogP contribution is -2.40. The van der Waals surface area contributed by atoms with Crippen LogP contribution in [0.4, 0.5) is 5.69 Å². The van der Waals surface area contributed by atoms with Gasteiger partial charge in [-0.2, -0.15) is 11.8 Å². The monoisotopic (exact) mass is 229 g/mol. The second-order valence-electron chi connectivity index (χ2n) is 3.10. The Kier molecular flexibility index (Phi) is 4.02. The van der Waals surface area contributed by atoms with Crippen LogP contribution in [0.3, 0.4) is 0 Å². The third-order valence-electron chi connectivity index (χ3n) is 2.12. The van der Waals surface area contributed by atoms with Gasteiger partial charge in [-0.1, -0.05) is 0 Å². The third-order valence-corrected chi connectivity index (χ3v) is 2.71. The van der Waals surface area contributed by atoms with E-state index in [0.717, 1.165) is 5.75 Å². The SMILES string of the molecule is CCn1cc(N)c(=O)n(CCSC)c1=O. The quantitative estimate of drug-likeness (QED) is 0.787.